The minimum absolute atomic E-state index is 0.0760. The third-order valence-electron chi connectivity index (χ3n) is 6.11. The van der Waals surface area contributed by atoms with Crippen LogP contribution in [0.15, 0.2) is 77.1 Å². The molecule has 2 aliphatic rings. The van der Waals surface area contributed by atoms with E-state index in [1.807, 2.05) is 61.5 Å². The molecule has 0 fully saturated rings. The predicted molar refractivity (Wildman–Crippen MR) is 123 cm³/mol. The highest BCUT2D eigenvalue weighted by atomic mass is 16.5. The standard InChI is InChI=1S/C27H29NO4/c1-17-23(26(30)31-4)24(25-21(28-17)14-27(2,3)15-22(25)29)19-10-12-20(13-11-19)32-16-18-8-6-5-7-9-18/h5-13,24,28H,14-16H2,1-4H3/t24-/m1/s1. The highest BCUT2D eigenvalue weighted by Crippen LogP contribution is 2.46. The number of methoxy groups -OCH3 is 1. The lowest BCUT2D eigenvalue weighted by Crippen LogP contribution is -2.38. The van der Waals surface area contributed by atoms with Crippen molar-refractivity contribution in [1.29, 1.82) is 0 Å². The Bertz CT molecular complexity index is 1090. The molecule has 166 valence electrons. The molecule has 0 bridgehead atoms. The van der Waals surface area contributed by atoms with Crippen molar-refractivity contribution >= 4 is 11.8 Å². The summed E-state index contributed by atoms with van der Waals surface area (Å²) in [7, 11) is 1.37. The maximum Gasteiger partial charge on any atom is 0.336 e. The number of nitrogens with one attached hydrogen (secondary N) is 1. The van der Waals surface area contributed by atoms with E-state index in [4.69, 9.17) is 9.47 Å². The van der Waals surface area contributed by atoms with E-state index in [1.165, 1.54) is 7.11 Å². The number of benzene rings is 2. The zero-order chi connectivity index (χ0) is 22.9. The van der Waals surface area contributed by atoms with Gasteiger partial charge < -0.3 is 14.8 Å². The number of carbonyl (C=O) groups is 2. The number of carbonyl (C=O) groups excluding carboxylic acids is 2. The number of ether oxygens (including phenoxy) is 2. The number of hydrogen-bond acceptors (Lipinski definition) is 5. The van der Waals surface area contributed by atoms with E-state index in [0.29, 0.717) is 24.2 Å². The number of rotatable bonds is 5. The molecule has 0 spiro atoms. The monoisotopic (exact) mass is 431 g/mol. The number of allylic oxidation sites excluding steroid dienone is 3. The van der Waals surface area contributed by atoms with Gasteiger partial charge in [-0.25, -0.2) is 4.79 Å². The van der Waals surface area contributed by atoms with Crippen LogP contribution < -0.4 is 10.1 Å². The summed E-state index contributed by atoms with van der Waals surface area (Å²) in [6, 6.07) is 17.6. The molecule has 1 N–H and O–H groups in total. The molecule has 4 rings (SSSR count). The number of hydrogen-bond donors (Lipinski definition) is 1. The molecule has 0 saturated heterocycles. The van der Waals surface area contributed by atoms with Crippen molar-refractivity contribution < 1.29 is 19.1 Å². The van der Waals surface area contributed by atoms with Crippen LogP contribution in [-0.4, -0.2) is 18.9 Å². The zero-order valence-electron chi connectivity index (χ0n) is 19.0. The van der Waals surface area contributed by atoms with Crippen molar-refractivity contribution in [2.75, 3.05) is 7.11 Å². The van der Waals surface area contributed by atoms with E-state index in [2.05, 4.69) is 19.2 Å². The fraction of sp³-hybridized carbons (Fsp3) is 0.333. The van der Waals surface area contributed by atoms with Crippen LogP contribution in [-0.2, 0) is 20.9 Å². The van der Waals surface area contributed by atoms with Gasteiger partial charge in [-0.05, 0) is 42.0 Å². The van der Waals surface area contributed by atoms with E-state index < -0.39 is 11.9 Å². The Hall–Kier alpha value is -3.34. The number of Topliss-reactive ketones (excluding diaryl/α,β-unsaturated/α-hetero) is 1. The van der Waals surface area contributed by atoms with Crippen LogP contribution in [0.25, 0.3) is 0 Å². The minimum Gasteiger partial charge on any atom is -0.489 e. The van der Waals surface area contributed by atoms with Gasteiger partial charge in [0, 0.05) is 29.3 Å². The average molecular weight is 432 g/mol. The highest BCUT2D eigenvalue weighted by molar-refractivity contribution is 6.04. The molecule has 5 heteroatoms. The fourth-order valence-electron chi connectivity index (χ4n) is 4.65. The van der Waals surface area contributed by atoms with E-state index >= 15 is 0 Å². The van der Waals surface area contributed by atoms with Crippen LogP contribution in [0.5, 0.6) is 5.75 Å². The minimum atomic E-state index is -0.453. The van der Waals surface area contributed by atoms with Gasteiger partial charge in [-0.2, -0.15) is 0 Å². The molecule has 1 aliphatic carbocycles. The van der Waals surface area contributed by atoms with Gasteiger partial charge >= 0.3 is 5.97 Å². The Morgan fingerprint density at radius 1 is 1.06 bits per heavy atom. The molecule has 0 radical (unpaired) electrons. The second-order valence-electron chi connectivity index (χ2n) is 9.26. The van der Waals surface area contributed by atoms with Gasteiger partial charge in [0.25, 0.3) is 0 Å². The number of esters is 1. The molecule has 0 saturated carbocycles. The van der Waals surface area contributed by atoms with Crippen LogP contribution in [0.1, 0.15) is 50.7 Å². The summed E-state index contributed by atoms with van der Waals surface area (Å²) < 4.78 is 11.0. The molecule has 32 heavy (non-hydrogen) atoms. The molecule has 0 amide bonds. The second kappa shape index (κ2) is 8.65. The Balaban J connectivity index is 1.67. The summed E-state index contributed by atoms with van der Waals surface area (Å²) >= 11 is 0. The summed E-state index contributed by atoms with van der Waals surface area (Å²) in [6.07, 6.45) is 1.21. The molecule has 1 heterocycles. The van der Waals surface area contributed by atoms with E-state index in [1.54, 1.807) is 0 Å². The van der Waals surface area contributed by atoms with Crippen LogP contribution >= 0.6 is 0 Å². The molecule has 2 aromatic carbocycles. The Labute approximate surface area is 189 Å². The summed E-state index contributed by atoms with van der Waals surface area (Å²) in [6.45, 7) is 6.54. The van der Waals surface area contributed by atoms with Gasteiger partial charge in [0.2, 0.25) is 0 Å². The van der Waals surface area contributed by atoms with Gasteiger partial charge in [-0.15, -0.1) is 0 Å². The first-order valence-corrected chi connectivity index (χ1v) is 10.9. The summed E-state index contributed by atoms with van der Waals surface area (Å²) in [5, 5.41) is 3.33. The van der Waals surface area contributed by atoms with Crippen LogP contribution in [0.3, 0.4) is 0 Å². The largest absolute Gasteiger partial charge is 0.489 e. The second-order valence-corrected chi connectivity index (χ2v) is 9.26. The van der Waals surface area contributed by atoms with Gasteiger partial charge in [0.05, 0.1) is 12.7 Å². The van der Waals surface area contributed by atoms with Gasteiger partial charge in [0.1, 0.15) is 12.4 Å². The van der Waals surface area contributed by atoms with Gasteiger partial charge in [-0.3, -0.25) is 4.79 Å². The third kappa shape index (κ3) is 4.33. The fourth-order valence-corrected chi connectivity index (χ4v) is 4.65. The van der Waals surface area contributed by atoms with Gasteiger partial charge in [0.15, 0.2) is 5.78 Å². The van der Waals surface area contributed by atoms with Gasteiger partial charge in [-0.1, -0.05) is 56.3 Å². The SMILES string of the molecule is COC(=O)C1=C(C)NC2=C(C(=O)CC(C)(C)C2)[C@@H]1c1ccc(OCc2ccccc2)cc1. The quantitative estimate of drug-likeness (QED) is 0.672. The lowest BCUT2D eigenvalue weighted by Gasteiger charge is -2.39. The van der Waals surface area contributed by atoms with Crippen molar-refractivity contribution in [1.82, 2.24) is 5.32 Å². The van der Waals surface area contributed by atoms with E-state index in [-0.39, 0.29) is 11.2 Å². The number of dihydropyridines is 1. The molecular formula is C27H29NO4. The Morgan fingerprint density at radius 2 is 1.75 bits per heavy atom. The summed E-state index contributed by atoms with van der Waals surface area (Å²) in [5.41, 5.74) is 4.64. The molecule has 0 aromatic heterocycles. The lowest BCUT2D eigenvalue weighted by atomic mass is 9.68. The van der Waals surface area contributed by atoms with Crippen molar-refractivity contribution in [3.8, 4) is 5.75 Å². The lowest BCUT2D eigenvalue weighted by molar-refractivity contribution is -0.136. The third-order valence-corrected chi connectivity index (χ3v) is 6.11. The van der Waals surface area contributed by atoms with Crippen molar-refractivity contribution in [3.63, 3.8) is 0 Å². The van der Waals surface area contributed by atoms with E-state index in [0.717, 1.165) is 34.7 Å². The molecular weight excluding hydrogens is 402 g/mol. The Kier molecular flexibility index (Phi) is 5.92. The molecule has 1 aliphatic heterocycles. The Morgan fingerprint density at radius 3 is 2.41 bits per heavy atom. The van der Waals surface area contributed by atoms with Crippen LogP contribution in [0, 0.1) is 5.41 Å². The topological polar surface area (TPSA) is 64.6 Å². The zero-order valence-corrected chi connectivity index (χ0v) is 19.0. The van der Waals surface area contributed by atoms with Crippen LogP contribution in [0.2, 0.25) is 0 Å². The molecule has 5 nitrogen and oxygen atoms in total. The normalized spacial score (nSPS) is 19.9. The van der Waals surface area contributed by atoms with E-state index in [9.17, 15) is 9.59 Å². The summed E-state index contributed by atoms with van der Waals surface area (Å²) in [4.78, 5) is 25.9. The summed E-state index contributed by atoms with van der Waals surface area (Å²) in [5.74, 6) is -0.0664. The predicted octanol–water partition coefficient (Wildman–Crippen LogP) is 5.04. The van der Waals surface area contributed by atoms with Crippen molar-refractivity contribution in [3.05, 3.63) is 88.3 Å². The first kappa shape index (κ1) is 21.9. The van der Waals surface area contributed by atoms with Crippen molar-refractivity contribution in [2.45, 2.75) is 46.1 Å². The molecule has 1 atom stereocenters. The first-order chi connectivity index (χ1) is 15.3. The molecule has 0 unspecified atom stereocenters. The number of ketones is 1. The maximum absolute atomic E-state index is 13.2. The highest BCUT2D eigenvalue weighted by Gasteiger charge is 2.42. The maximum atomic E-state index is 13.2. The average Bonchev–Trinajstić information content (AvgIpc) is 2.76. The van der Waals surface area contributed by atoms with Crippen molar-refractivity contribution in [2.24, 2.45) is 5.41 Å². The first-order valence-electron chi connectivity index (χ1n) is 10.9. The molecule has 2 aromatic rings. The van der Waals surface area contributed by atoms with Crippen LogP contribution in [0.4, 0.5) is 0 Å². The smallest absolute Gasteiger partial charge is 0.336 e.